The van der Waals surface area contributed by atoms with Gasteiger partial charge in [-0.3, -0.25) is 0 Å². The van der Waals surface area contributed by atoms with Gasteiger partial charge in [0.25, 0.3) is 0 Å². The monoisotopic (exact) mass is 395 g/mol. The lowest BCUT2D eigenvalue weighted by molar-refractivity contribution is 0.410. The predicted octanol–water partition coefficient (Wildman–Crippen LogP) is 2.25. The third-order valence-corrected chi connectivity index (χ3v) is 8.57. The number of ether oxygens (including phenoxy) is 1. The lowest BCUT2D eigenvalue weighted by Gasteiger charge is -2.20. The number of methoxy groups -OCH3 is 1. The number of hydrogen-bond acceptors (Lipinski definition) is 5. The van der Waals surface area contributed by atoms with Crippen molar-refractivity contribution in [3.63, 3.8) is 0 Å². The second-order valence-corrected chi connectivity index (χ2v) is 10.4. The molecule has 2 aromatic rings. The first kappa shape index (κ1) is 18.9. The van der Waals surface area contributed by atoms with Crippen molar-refractivity contribution in [1.29, 1.82) is 0 Å². The molecule has 140 valence electrons. The molecule has 3 rings (SSSR count). The van der Waals surface area contributed by atoms with E-state index in [-0.39, 0.29) is 30.2 Å². The lowest BCUT2D eigenvalue weighted by atomic mass is 10.1. The van der Waals surface area contributed by atoms with Crippen LogP contribution in [-0.4, -0.2) is 47.1 Å². The van der Waals surface area contributed by atoms with E-state index < -0.39 is 25.1 Å². The van der Waals surface area contributed by atoms with Gasteiger partial charge in [0.2, 0.25) is 10.0 Å². The van der Waals surface area contributed by atoms with Gasteiger partial charge in [-0.2, -0.15) is 4.31 Å². The minimum atomic E-state index is -3.78. The normalized spacial score (nSPS) is 21.0. The highest BCUT2D eigenvalue weighted by molar-refractivity contribution is 7.92. The van der Waals surface area contributed by atoms with Crippen molar-refractivity contribution in [1.82, 2.24) is 4.31 Å². The fraction of sp³-hybridized carbons (Fsp3) is 0.333. The van der Waals surface area contributed by atoms with Crippen molar-refractivity contribution in [2.45, 2.75) is 16.6 Å². The van der Waals surface area contributed by atoms with Gasteiger partial charge in [0.05, 0.1) is 23.0 Å². The molecule has 0 spiro atoms. The summed E-state index contributed by atoms with van der Waals surface area (Å²) < 4.78 is 57.6. The minimum absolute atomic E-state index is 0.0504. The predicted molar refractivity (Wildman–Crippen MR) is 99.3 cm³/mol. The fourth-order valence-corrected chi connectivity index (χ4v) is 6.52. The standard InChI is InChI=1S/C18H21NO5S2/c1-24-16-8-5-9-17(14-16)26(22,23)19-11-10-18(25(20,21)13-12-19)15-6-3-2-4-7-15/h2-9,14,18H,10-13H2,1H3. The Labute approximate surface area is 154 Å². The molecule has 0 aliphatic carbocycles. The molecule has 1 atom stereocenters. The molecule has 6 nitrogen and oxygen atoms in total. The summed E-state index contributed by atoms with van der Waals surface area (Å²) in [7, 11) is -5.75. The van der Waals surface area contributed by atoms with E-state index >= 15 is 0 Å². The van der Waals surface area contributed by atoms with Crippen LogP contribution in [0.25, 0.3) is 0 Å². The van der Waals surface area contributed by atoms with E-state index in [1.54, 1.807) is 36.4 Å². The van der Waals surface area contributed by atoms with Crippen molar-refractivity contribution in [3.8, 4) is 5.75 Å². The maximum absolute atomic E-state index is 12.9. The van der Waals surface area contributed by atoms with Crippen molar-refractivity contribution in [2.75, 3.05) is 26.0 Å². The largest absolute Gasteiger partial charge is 0.497 e. The molecule has 1 aliphatic rings. The van der Waals surface area contributed by atoms with Crippen LogP contribution < -0.4 is 4.74 Å². The van der Waals surface area contributed by atoms with Crippen LogP contribution in [0.15, 0.2) is 59.5 Å². The molecule has 1 aliphatic heterocycles. The molecule has 8 heteroatoms. The average molecular weight is 396 g/mol. The molecule has 1 fully saturated rings. The van der Waals surface area contributed by atoms with Crippen LogP contribution in [0.4, 0.5) is 0 Å². The first-order valence-electron chi connectivity index (χ1n) is 8.25. The minimum Gasteiger partial charge on any atom is -0.497 e. The summed E-state index contributed by atoms with van der Waals surface area (Å²) in [6.45, 7) is 0.101. The molecule has 0 saturated carbocycles. The zero-order valence-corrected chi connectivity index (χ0v) is 16.0. The smallest absolute Gasteiger partial charge is 0.243 e. The molecule has 1 unspecified atom stereocenters. The van der Waals surface area contributed by atoms with Crippen LogP contribution in [0.5, 0.6) is 5.75 Å². The van der Waals surface area contributed by atoms with Crippen LogP contribution in [0.2, 0.25) is 0 Å². The van der Waals surface area contributed by atoms with Gasteiger partial charge in [-0.05, 0) is 24.1 Å². The van der Waals surface area contributed by atoms with Gasteiger partial charge in [0.15, 0.2) is 9.84 Å². The molecule has 1 saturated heterocycles. The quantitative estimate of drug-likeness (QED) is 0.793. The fourth-order valence-electron chi connectivity index (χ4n) is 3.12. The summed E-state index contributed by atoms with van der Waals surface area (Å²) in [4.78, 5) is 0.104. The van der Waals surface area contributed by atoms with Crippen LogP contribution in [0, 0.1) is 0 Å². The van der Waals surface area contributed by atoms with E-state index in [0.717, 1.165) is 0 Å². The Morgan fingerprint density at radius 3 is 2.46 bits per heavy atom. The van der Waals surface area contributed by atoms with Crippen LogP contribution in [0.3, 0.4) is 0 Å². The Morgan fingerprint density at radius 2 is 1.77 bits per heavy atom. The molecular formula is C18H21NO5S2. The maximum Gasteiger partial charge on any atom is 0.243 e. The summed E-state index contributed by atoms with van der Waals surface area (Å²) in [5, 5.41) is -0.686. The van der Waals surface area contributed by atoms with E-state index in [1.165, 1.54) is 23.5 Å². The lowest BCUT2D eigenvalue weighted by Crippen LogP contribution is -2.33. The maximum atomic E-state index is 12.9. The van der Waals surface area contributed by atoms with Crippen molar-refractivity contribution < 1.29 is 21.6 Å². The number of benzene rings is 2. The van der Waals surface area contributed by atoms with E-state index in [4.69, 9.17) is 4.74 Å². The molecule has 0 N–H and O–H groups in total. The first-order valence-corrected chi connectivity index (χ1v) is 11.4. The van der Waals surface area contributed by atoms with Gasteiger partial charge in [-0.15, -0.1) is 0 Å². The van der Waals surface area contributed by atoms with Crippen molar-refractivity contribution >= 4 is 19.9 Å². The molecule has 0 amide bonds. The third-order valence-electron chi connectivity index (χ3n) is 4.55. The summed E-state index contributed by atoms with van der Waals surface area (Å²) in [5.74, 6) is 0.242. The van der Waals surface area contributed by atoms with Gasteiger partial charge in [0, 0.05) is 19.2 Å². The van der Waals surface area contributed by atoms with E-state index in [9.17, 15) is 16.8 Å². The molecule has 1 heterocycles. The summed E-state index contributed by atoms with van der Waals surface area (Å²) in [5.41, 5.74) is 0.702. The Kier molecular flexibility index (Phi) is 5.36. The van der Waals surface area contributed by atoms with Crippen LogP contribution >= 0.6 is 0 Å². The molecule has 26 heavy (non-hydrogen) atoms. The number of hydrogen-bond donors (Lipinski definition) is 0. The van der Waals surface area contributed by atoms with Crippen molar-refractivity contribution in [2.24, 2.45) is 0 Å². The highest BCUT2D eigenvalue weighted by atomic mass is 32.2. The Hall–Kier alpha value is -1.90. The van der Waals surface area contributed by atoms with Crippen LogP contribution in [-0.2, 0) is 19.9 Å². The zero-order chi connectivity index (χ0) is 18.8. The first-order chi connectivity index (χ1) is 12.3. The number of nitrogens with zero attached hydrogens (tertiary/aromatic N) is 1. The molecule has 0 bridgehead atoms. The Balaban J connectivity index is 1.89. The summed E-state index contributed by atoms with van der Waals surface area (Å²) in [6, 6.07) is 15.2. The van der Waals surface area contributed by atoms with Gasteiger partial charge in [-0.1, -0.05) is 36.4 Å². The summed E-state index contributed by atoms with van der Waals surface area (Å²) >= 11 is 0. The van der Waals surface area contributed by atoms with Crippen LogP contribution in [0.1, 0.15) is 17.2 Å². The number of rotatable bonds is 4. The van der Waals surface area contributed by atoms with E-state index in [1.807, 2.05) is 6.07 Å². The SMILES string of the molecule is COc1cccc(S(=O)(=O)N2CCC(c3ccccc3)S(=O)(=O)CC2)c1. The van der Waals surface area contributed by atoms with Gasteiger partial charge in [0.1, 0.15) is 5.75 Å². The van der Waals surface area contributed by atoms with E-state index in [0.29, 0.717) is 11.3 Å². The topological polar surface area (TPSA) is 80.8 Å². The second kappa shape index (κ2) is 7.38. The van der Waals surface area contributed by atoms with Gasteiger partial charge in [-0.25, -0.2) is 16.8 Å². The number of sulfonamides is 1. The Bertz CT molecular complexity index is 972. The van der Waals surface area contributed by atoms with Crippen molar-refractivity contribution in [3.05, 3.63) is 60.2 Å². The third kappa shape index (κ3) is 3.77. The van der Waals surface area contributed by atoms with Gasteiger partial charge >= 0.3 is 0 Å². The molecule has 0 aromatic heterocycles. The second-order valence-electron chi connectivity index (χ2n) is 6.14. The average Bonchev–Trinajstić information content (AvgIpc) is 2.81. The molecule has 0 radical (unpaired) electrons. The Morgan fingerprint density at radius 1 is 1.04 bits per heavy atom. The van der Waals surface area contributed by atoms with E-state index in [2.05, 4.69) is 0 Å². The summed E-state index contributed by atoms with van der Waals surface area (Å²) in [6.07, 6.45) is 0.232. The number of sulfone groups is 1. The van der Waals surface area contributed by atoms with Gasteiger partial charge < -0.3 is 4.74 Å². The zero-order valence-electron chi connectivity index (χ0n) is 14.4. The highest BCUT2D eigenvalue weighted by Gasteiger charge is 2.35. The molecule has 2 aromatic carbocycles. The highest BCUT2D eigenvalue weighted by Crippen LogP contribution is 2.31. The molecular weight excluding hydrogens is 374 g/mol.